The summed E-state index contributed by atoms with van der Waals surface area (Å²) in [5, 5.41) is 16.3. The van der Waals surface area contributed by atoms with Crippen molar-refractivity contribution in [3.05, 3.63) is 24.8 Å². The maximum absolute atomic E-state index is 10.3. The molecule has 0 bridgehead atoms. The van der Waals surface area contributed by atoms with E-state index in [4.69, 9.17) is 10.2 Å². The number of hydrogen-bond donors (Lipinski definition) is 2. The van der Waals surface area contributed by atoms with Gasteiger partial charge in [0.15, 0.2) is 0 Å². The number of aliphatic hydroxyl groups excluding tert-OH is 1. The third-order valence-corrected chi connectivity index (χ3v) is 3.78. The molecule has 0 radical (unpaired) electrons. The molecule has 0 aromatic rings. The lowest BCUT2D eigenvalue weighted by Gasteiger charge is -1.99. The average Bonchev–Trinajstić information content (AvgIpc) is 2.58. The van der Waals surface area contributed by atoms with Gasteiger partial charge in [-0.15, -0.1) is 6.58 Å². The fourth-order valence-corrected chi connectivity index (χ4v) is 2.35. The summed E-state index contributed by atoms with van der Waals surface area (Å²) in [5.74, 6) is -0.664. The highest BCUT2D eigenvalue weighted by Gasteiger charge is 1.95. The van der Waals surface area contributed by atoms with E-state index < -0.39 is 5.97 Å². The Labute approximate surface area is 149 Å². The molecule has 0 aromatic carbocycles. The van der Waals surface area contributed by atoms with Crippen molar-refractivity contribution in [3.8, 4) is 0 Å². The molecule has 0 aliphatic carbocycles. The zero-order valence-corrected chi connectivity index (χ0v) is 15.8. The molecule has 2 N–H and O–H groups in total. The Bertz CT molecular complexity index is 285. The number of aliphatic hydroxyl groups is 1. The fourth-order valence-electron chi connectivity index (χ4n) is 2.35. The lowest BCUT2D eigenvalue weighted by atomic mass is 10.1. The van der Waals surface area contributed by atoms with Gasteiger partial charge in [-0.25, -0.2) is 0 Å². The average molecular weight is 341 g/mol. The van der Waals surface area contributed by atoms with Crippen LogP contribution in [-0.4, -0.2) is 22.8 Å². The predicted molar refractivity (Wildman–Crippen MR) is 104 cm³/mol. The smallest absolute Gasteiger partial charge is 0.303 e. The van der Waals surface area contributed by atoms with Crippen LogP contribution in [0.5, 0.6) is 0 Å². The second-order valence-electron chi connectivity index (χ2n) is 6.20. The van der Waals surface area contributed by atoms with Crippen molar-refractivity contribution < 1.29 is 15.0 Å². The molecule has 3 nitrogen and oxygen atoms in total. The molecular weight excluding hydrogens is 300 g/mol. The molecule has 0 unspecified atom stereocenters. The number of allylic oxidation sites excluding steroid dienone is 2. The normalized spacial score (nSPS) is 10.4. The van der Waals surface area contributed by atoms with Gasteiger partial charge in [0.1, 0.15) is 0 Å². The minimum absolute atomic E-state index is 0.0833. The fraction of sp³-hybridized carbons (Fsp3) is 0.762. The molecule has 0 saturated heterocycles. The minimum Gasteiger partial charge on any atom is -0.481 e. The summed E-state index contributed by atoms with van der Waals surface area (Å²) >= 11 is 0. The van der Waals surface area contributed by atoms with Gasteiger partial charge in [0, 0.05) is 6.42 Å². The van der Waals surface area contributed by atoms with E-state index in [-0.39, 0.29) is 6.61 Å². The molecule has 0 saturated carbocycles. The third kappa shape index (κ3) is 29.0. The Kier molecular flexibility index (Phi) is 25.3. The molecule has 0 heterocycles. The molecule has 0 atom stereocenters. The summed E-state index contributed by atoms with van der Waals surface area (Å²) in [5.41, 5.74) is 0. The summed E-state index contributed by atoms with van der Waals surface area (Å²) in [6, 6.07) is 0. The Balaban J connectivity index is 0. The third-order valence-electron chi connectivity index (χ3n) is 3.78. The van der Waals surface area contributed by atoms with Gasteiger partial charge in [0.25, 0.3) is 0 Å². The summed E-state index contributed by atoms with van der Waals surface area (Å²) in [6.45, 7) is 5.57. The van der Waals surface area contributed by atoms with Crippen molar-refractivity contribution in [2.45, 2.75) is 96.8 Å². The summed E-state index contributed by atoms with van der Waals surface area (Å²) < 4.78 is 0. The van der Waals surface area contributed by atoms with Crippen LogP contribution in [0, 0.1) is 0 Å². The molecule has 0 rings (SSSR count). The van der Waals surface area contributed by atoms with Gasteiger partial charge in [-0.2, -0.15) is 0 Å². The molecule has 3 heteroatoms. The van der Waals surface area contributed by atoms with Crippen LogP contribution in [0.25, 0.3) is 0 Å². The van der Waals surface area contributed by atoms with E-state index in [1.165, 1.54) is 76.7 Å². The van der Waals surface area contributed by atoms with Crippen LogP contribution >= 0.6 is 0 Å². The first-order valence-electron chi connectivity index (χ1n) is 9.77. The molecule has 24 heavy (non-hydrogen) atoms. The van der Waals surface area contributed by atoms with E-state index in [9.17, 15) is 4.79 Å². The number of carbonyl (C=O) groups is 1. The van der Waals surface area contributed by atoms with Gasteiger partial charge < -0.3 is 10.2 Å². The van der Waals surface area contributed by atoms with E-state index in [1.54, 1.807) is 0 Å². The van der Waals surface area contributed by atoms with Gasteiger partial charge in [0.2, 0.25) is 0 Å². The van der Waals surface area contributed by atoms with Gasteiger partial charge in [-0.1, -0.05) is 76.5 Å². The van der Waals surface area contributed by atoms with Crippen LogP contribution < -0.4 is 0 Å². The van der Waals surface area contributed by atoms with Crippen molar-refractivity contribution in [3.63, 3.8) is 0 Å². The maximum atomic E-state index is 10.3. The van der Waals surface area contributed by atoms with Gasteiger partial charge in [-0.3, -0.25) is 4.79 Å². The number of carboxylic acids is 1. The highest BCUT2D eigenvalue weighted by atomic mass is 16.4. The first kappa shape index (κ1) is 25.2. The SMILES string of the molecule is C=CCO.CCCCCCCC/C=C\CCCCCCCC(=O)O. The molecular formula is C21H40O3. The number of unbranched alkanes of at least 4 members (excludes halogenated alkanes) is 11. The summed E-state index contributed by atoms with van der Waals surface area (Å²) in [7, 11) is 0. The van der Waals surface area contributed by atoms with Crippen LogP contribution in [0.1, 0.15) is 96.8 Å². The lowest BCUT2D eigenvalue weighted by molar-refractivity contribution is -0.137. The first-order valence-corrected chi connectivity index (χ1v) is 9.77. The summed E-state index contributed by atoms with van der Waals surface area (Å²) in [4.78, 5) is 10.3. The molecule has 0 fully saturated rings. The topological polar surface area (TPSA) is 57.5 Å². The molecule has 0 spiro atoms. The molecule has 0 amide bonds. The molecule has 142 valence electrons. The van der Waals surface area contributed by atoms with Crippen molar-refractivity contribution >= 4 is 5.97 Å². The highest BCUT2D eigenvalue weighted by molar-refractivity contribution is 5.66. The second-order valence-corrected chi connectivity index (χ2v) is 6.20. The van der Waals surface area contributed by atoms with Crippen molar-refractivity contribution in [1.82, 2.24) is 0 Å². The number of aliphatic carboxylic acids is 1. The van der Waals surface area contributed by atoms with E-state index in [0.29, 0.717) is 6.42 Å². The largest absolute Gasteiger partial charge is 0.481 e. The van der Waals surface area contributed by atoms with Crippen molar-refractivity contribution in [2.24, 2.45) is 0 Å². The minimum atomic E-state index is -0.664. The van der Waals surface area contributed by atoms with Gasteiger partial charge >= 0.3 is 5.97 Å². The second kappa shape index (κ2) is 24.2. The maximum Gasteiger partial charge on any atom is 0.303 e. The van der Waals surface area contributed by atoms with Crippen LogP contribution in [0.3, 0.4) is 0 Å². The quantitative estimate of drug-likeness (QED) is 0.257. The Morgan fingerprint density at radius 1 is 0.833 bits per heavy atom. The molecule has 0 aliphatic rings. The lowest BCUT2D eigenvalue weighted by Crippen LogP contribution is -1.93. The van der Waals surface area contributed by atoms with Gasteiger partial charge in [-0.05, 0) is 32.1 Å². The first-order chi connectivity index (χ1) is 11.7. The van der Waals surface area contributed by atoms with Crippen molar-refractivity contribution in [2.75, 3.05) is 6.61 Å². The molecule has 0 aliphatic heterocycles. The zero-order chi connectivity index (χ0) is 18.3. The van der Waals surface area contributed by atoms with Gasteiger partial charge in [0.05, 0.1) is 6.61 Å². The molecule has 0 aromatic heterocycles. The van der Waals surface area contributed by atoms with E-state index >= 15 is 0 Å². The number of carboxylic acid groups (broad SMARTS) is 1. The number of hydrogen-bond acceptors (Lipinski definition) is 2. The van der Waals surface area contributed by atoms with Crippen LogP contribution in [0.15, 0.2) is 24.8 Å². The number of rotatable bonds is 16. The van der Waals surface area contributed by atoms with E-state index in [0.717, 1.165) is 12.8 Å². The Hall–Kier alpha value is -1.09. The standard InChI is InChI=1S/C18H34O2.C3H6O/c1-2-3-4-5-6-7-8-9-10-11-12-13-14-15-16-17-18(19)20;1-2-3-4/h9-10H,2-8,11-17H2,1H3,(H,19,20);2,4H,1,3H2/b10-9-;. The van der Waals surface area contributed by atoms with Crippen LogP contribution in [-0.2, 0) is 4.79 Å². The highest BCUT2D eigenvalue weighted by Crippen LogP contribution is 2.09. The zero-order valence-electron chi connectivity index (χ0n) is 15.8. The monoisotopic (exact) mass is 340 g/mol. The predicted octanol–water partition coefficient (Wildman–Crippen LogP) is 6.27. The Morgan fingerprint density at radius 2 is 1.25 bits per heavy atom. The van der Waals surface area contributed by atoms with Crippen LogP contribution in [0.2, 0.25) is 0 Å². The van der Waals surface area contributed by atoms with Crippen molar-refractivity contribution in [1.29, 1.82) is 0 Å². The Morgan fingerprint density at radius 3 is 1.67 bits per heavy atom. The summed E-state index contributed by atoms with van der Waals surface area (Å²) in [6.07, 6.45) is 22.7. The van der Waals surface area contributed by atoms with Crippen LogP contribution in [0.4, 0.5) is 0 Å². The van der Waals surface area contributed by atoms with E-state index in [2.05, 4.69) is 25.7 Å². The van der Waals surface area contributed by atoms with E-state index in [1.807, 2.05) is 0 Å².